The predicted molar refractivity (Wildman–Crippen MR) is 51.7 cm³/mol. The first kappa shape index (κ1) is 9.40. The molecule has 1 aliphatic rings. The maximum atomic E-state index is 12.6. The van der Waals surface area contributed by atoms with Crippen LogP contribution in [-0.4, -0.2) is 24.2 Å². The summed E-state index contributed by atoms with van der Waals surface area (Å²) in [5, 5.41) is 3.21. The van der Waals surface area contributed by atoms with Crippen LogP contribution in [0.2, 0.25) is 0 Å². The Hall–Kier alpha value is -1.16. The summed E-state index contributed by atoms with van der Waals surface area (Å²) in [6.45, 7) is 1.55. The van der Waals surface area contributed by atoms with Gasteiger partial charge in [0.2, 0.25) is 0 Å². The van der Waals surface area contributed by atoms with Crippen molar-refractivity contribution in [1.82, 2.24) is 4.98 Å². The quantitative estimate of drug-likeness (QED) is 0.783. The second-order valence-corrected chi connectivity index (χ2v) is 3.42. The van der Waals surface area contributed by atoms with E-state index < -0.39 is 0 Å². The fourth-order valence-electron chi connectivity index (χ4n) is 1.52. The molecule has 0 aliphatic carbocycles. The maximum Gasteiger partial charge on any atom is 0.141 e. The van der Waals surface area contributed by atoms with Crippen LogP contribution in [-0.2, 0) is 4.74 Å². The van der Waals surface area contributed by atoms with Crippen molar-refractivity contribution in [1.29, 1.82) is 0 Å². The molecule has 1 N–H and O–H groups in total. The molecule has 2 rings (SSSR count). The van der Waals surface area contributed by atoms with Crippen LogP contribution >= 0.6 is 0 Å². The zero-order valence-electron chi connectivity index (χ0n) is 7.87. The molecule has 1 aliphatic heterocycles. The second kappa shape index (κ2) is 4.37. The molecule has 1 atom stereocenters. The summed E-state index contributed by atoms with van der Waals surface area (Å²) in [6, 6.07) is 3.35. The Morgan fingerprint density at radius 1 is 1.50 bits per heavy atom. The van der Waals surface area contributed by atoms with Crippen molar-refractivity contribution >= 4 is 5.82 Å². The smallest absolute Gasteiger partial charge is 0.141 e. The molecule has 1 fully saturated rings. The number of rotatable bonds is 2. The van der Waals surface area contributed by atoms with Crippen LogP contribution in [0, 0.1) is 5.82 Å². The van der Waals surface area contributed by atoms with Gasteiger partial charge in [-0.05, 0) is 25.0 Å². The molecule has 0 unspecified atom stereocenters. The summed E-state index contributed by atoms with van der Waals surface area (Å²) < 4.78 is 17.9. The van der Waals surface area contributed by atoms with Crippen LogP contribution in [0.5, 0.6) is 0 Å². The minimum Gasteiger partial charge on any atom is -0.379 e. The molecule has 76 valence electrons. The summed E-state index contributed by atoms with van der Waals surface area (Å²) in [5.74, 6) is 0.400. The molecule has 4 heteroatoms. The van der Waals surface area contributed by atoms with Crippen molar-refractivity contribution in [3.63, 3.8) is 0 Å². The van der Waals surface area contributed by atoms with E-state index >= 15 is 0 Å². The van der Waals surface area contributed by atoms with E-state index in [9.17, 15) is 4.39 Å². The summed E-state index contributed by atoms with van der Waals surface area (Å²) >= 11 is 0. The zero-order chi connectivity index (χ0) is 9.80. The molecule has 1 aromatic heterocycles. The van der Waals surface area contributed by atoms with Crippen molar-refractivity contribution in [3.05, 3.63) is 24.1 Å². The topological polar surface area (TPSA) is 34.1 Å². The number of nitrogens with one attached hydrogen (secondary N) is 1. The third kappa shape index (κ3) is 2.42. The molecular weight excluding hydrogens is 183 g/mol. The van der Waals surface area contributed by atoms with Crippen molar-refractivity contribution in [2.45, 2.75) is 18.9 Å². The van der Waals surface area contributed by atoms with E-state index in [4.69, 9.17) is 4.74 Å². The van der Waals surface area contributed by atoms with Gasteiger partial charge in [-0.2, -0.15) is 0 Å². The van der Waals surface area contributed by atoms with Crippen LogP contribution in [0.3, 0.4) is 0 Å². The monoisotopic (exact) mass is 196 g/mol. The Morgan fingerprint density at radius 2 is 2.43 bits per heavy atom. The van der Waals surface area contributed by atoms with Gasteiger partial charge in [0.1, 0.15) is 11.6 Å². The number of pyridine rings is 1. The standard InChI is InChI=1S/C10H13FN2O/c11-8-3-4-10(12-6-8)13-9-2-1-5-14-7-9/h3-4,6,9H,1-2,5,7H2,(H,12,13)/t9-/m1/s1. The number of aromatic nitrogens is 1. The van der Waals surface area contributed by atoms with E-state index in [1.807, 2.05) is 0 Å². The number of hydrogen-bond donors (Lipinski definition) is 1. The lowest BCUT2D eigenvalue weighted by molar-refractivity contribution is 0.0875. The summed E-state index contributed by atoms with van der Waals surface area (Å²) in [4.78, 5) is 3.93. The van der Waals surface area contributed by atoms with Gasteiger partial charge in [-0.3, -0.25) is 0 Å². The number of hydrogen-bond acceptors (Lipinski definition) is 3. The summed E-state index contributed by atoms with van der Waals surface area (Å²) in [6.07, 6.45) is 3.37. The lowest BCUT2D eigenvalue weighted by Gasteiger charge is -2.23. The van der Waals surface area contributed by atoms with E-state index in [1.165, 1.54) is 12.3 Å². The largest absolute Gasteiger partial charge is 0.379 e. The maximum absolute atomic E-state index is 12.6. The van der Waals surface area contributed by atoms with Crippen LogP contribution in [0.1, 0.15) is 12.8 Å². The fourth-order valence-corrected chi connectivity index (χ4v) is 1.52. The molecule has 1 aromatic rings. The van der Waals surface area contributed by atoms with E-state index in [0.717, 1.165) is 19.4 Å². The van der Waals surface area contributed by atoms with Crippen molar-refractivity contribution < 1.29 is 9.13 Å². The molecule has 1 saturated heterocycles. The molecule has 14 heavy (non-hydrogen) atoms. The Labute approximate surface area is 82.3 Å². The van der Waals surface area contributed by atoms with Crippen LogP contribution in [0.25, 0.3) is 0 Å². The van der Waals surface area contributed by atoms with Gasteiger partial charge in [0, 0.05) is 6.61 Å². The lowest BCUT2D eigenvalue weighted by Crippen LogP contribution is -2.30. The molecule has 0 aromatic carbocycles. The molecule has 0 bridgehead atoms. The molecule has 2 heterocycles. The minimum atomic E-state index is -0.310. The van der Waals surface area contributed by atoms with Gasteiger partial charge in [-0.15, -0.1) is 0 Å². The minimum absolute atomic E-state index is 0.307. The molecule has 0 amide bonds. The fraction of sp³-hybridized carbons (Fsp3) is 0.500. The van der Waals surface area contributed by atoms with E-state index in [2.05, 4.69) is 10.3 Å². The van der Waals surface area contributed by atoms with Crippen molar-refractivity contribution in [2.24, 2.45) is 0 Å². The predicted octanol–water partition coefficient (Wildman–Crippen LogP) is 1.81. The van der Waals surface area contributed by atoms with Gasteiger partial charge >= 0.3 is 0 Å². The first-order valence-corrected chi connectivity index (χ1v) is 4.80. The summed E-state index contributed by atoms with van der Waals surface area (Å²) in [5.41, 5.74) is 0. The summed E-state index contributed by atoms with van der Waals surface area (Å²) in [7, 11) is 0. The van der Waals surface area contributed by atoms with Gasteiger partial charge in [-0.1, -0.05) is 0 Å². The molecular formula is C10H13FN2O. The highest BCUT2D eigenvalue weighted by Crippen LogP contribution is 2.12. The van der Waals surface area contributed by atoms with Gasteiger partial charge in [0.15, 0.2) is 0 Å². The average Bonchev–Trinajstić information content (AvgIpc) is 2.23. The molecule has 0 spiro atoms. The van der Waals surface area contributed by atoms with E-state index in [0.29, 0.717) is 18.5 Å². The first-order chi connectivity index (χ1) is 6.84. The highest BCUT2D eigenvalue weighted by Gasteiger charge is 2.13. The van der Waals surface area contributed by atoms with Gasteiger partial charge in [0.05, 0.1) is 18.8 Å². The average molecular weight is 196 g/mol. The Kier molecular flexibility index (Phi) is 2.93. The van der Waals surface area contributed by atoms with Crippen molar-refractivity contribution in [2.75, 3.05) is 18.5 Å². The van der Waals surface area contributed by atoms with E-state index in [-0.39, 0.29) is 5.82 Å². The lowest BCUT2D eigenvalue weighted by atomic mass is 10.1. The zero-order valence-corrected chi connectivity index (χ0v) is 7.87. The second-order valence-electron chi connectivity index (χ2n) is 3.42. The SMILES string of the molecule is Fc1ccc(N[C@@H]2CCCOC2)nc1. The number of nitrogens with zero attached hydrogens (tertiary/aromatic N) is 1. The van der Waals surface area contributed by atoms with Crippen molar-refractivity contribution in [3.8, 4) is 0 Å². The molecule has 0 radical (unpaired) electrons. The first-order valence-electron chi connectivity index (χ1n) is 4.80. The van der Waals surface area contributed by atoms with Crippen LogP contribution < -0.4 is 5.32 Å². The normalized spacial score (nSPS) is 21.9. The number of anilines is 1. The van der Waals surface area contributed by atoms with Crippen LogP contribution in [0.4, 0.5) is 10.2 Å². The Bertz CT molecular complexity index is 283. The molecule has 3 nitrogen and oxygen atoms in total. The third-order valence-electron chi connectivity index (χ3n) is 2.24. The third-order valence-corrected chi connectivity index (χ3v) is 2.24. The van der Waals surface area contributed by atoms with Crippen LogP contribution in [0.15, 0.2) is 18.3 Å². The number of halogens is 1. The highest BCUT2D eigenvalue weighted by molar-refractivity contribution is 5.34. The number of ether oxygens (including phenoxy) is 1. The Morgan fingerprint density at radius 3 is 3.07 bits per heavy atom. The Balaban J connectivity index is 1.92. The van der Waals surface area contributed by atoms with Gasteiger partial charge < -0.3 is 10.1 Å². The molecule has 0 saturated carbocycles. The van der Waals surface area contributed by atoms with E-state index in [1.54, 1.807) is 6.07 Å². The van der Waals surface area contributed by atoms with Gasteiger partial charge in [-0.25, -0.2) is 9.37 Å². The highest BCUT2D eigenvalue weighted by atomic mass is 19.1. The van der Waals surface area contributed by atoms with Gasteiger partial charge in [0.25, 0.3) is 0 Å².